The van der Waals surface area contributed by atoms with Gasteiger partial charge in [-0.05, 0) is 29.5 Å². The summed E-state index contributed by atoms with van der Waals surface area (Å²) in [5, 5.41) is 1.18. The fourth-order valence-corrected chi connectivity index (χ4v) is 2.51. The highest BCUT2D eigenvalue weighted by Gasteiger charge is 2.23. The van der Waals surface area contributed by atoms with Gasteiger partial charge < -0.3 is 15.6 Å². The van der Waals surface area contributed by atoms with Crippen molar-refractivity contribution in [3.05, 3.63) is 36.0 Å². The number of rotatable bonds is 2. The minimum atomic E-state index is 0.153. The topological polar surface area (TPSA) is 62.1 Å². The van der Waals surface area contributed by atoms with Gasteiger partial charge in [-0.25, -0.2) is 0 Å². The van der Waals surface area contributed by atoms with Gasteiger partial charge in [0.1, 0.15) is 0 Å². The number of nitrogens with zero attached hydrogens (tertiary/aromatic N) is 1. The SMILES string of the molecule is NC1CCN(C(=O)Cc2ccc3cc[nH]c3c2)C1. The van der Waals surface area contributed by atoms with Crippen LogP contribution in [-0.2, 0) is 11.2 Å². The lowest BCUT2D eigenvalue weighted by atomic mass is 10.1. The van der Waals surface area contributed by atoms with Crippen molar-refractivity contribution < 1.29 is 4.79 Å². The van der Waals surface area contributed by atoms with Crippen molar-refractivity contribution in [2.45, 2.75) is 18.9 Å². The van der Waals surface area contributed by atoms with Crippen LogP contribution in [0.15, 0.2) is 30.5 Å². The van der Waals surface area contributed by atoms with E-state index in [0.29, 0.717) is 13.0 Å². The molecule has 1 saturated heterocycles. The van der Waals surface area contributed by atoms with Crippen molar-refractivity contribution in [3.63, 3.8) is 0 Å². The maximum atomic E-state index is 12.1. The van der Waals surface area contributed by atoms with E-state index in [4.69, 9.17) is 5.73 Å². The third-order valence-corrected chi connectivity index (χ3v) is 3.55. The molecular weight excluding hydrogens is 226 g/mol. The molecule has 1 unspecified atom stereocenters. The van der Waals surface area contributed by atoms with Crippen LogP contribution in [0.2, 0.25) is 0 Å². The number of hydrogen-bond donors (Lipinski definition) is 2. The van der Waals surface area contributed by atoms with Gasteiger partial charge in [0, 0.05) is 30.8 Å². The Morgan fingerprint density at radius 3 is 3.11 bits per heavy atom. The van der Waals surface area contributed by atoms with E-state index >= 15 is 0 Å². The molecule has 1 atom stereocenters. The summed E-state index contributed by atoms with van der Waals surface area (Å²) in [7, 11) is 0. The Morgan fingerprint density at radius 2 is 2.33 bits per heavy atom. The smallest absolute Gasteiger partial charge is 0.227 e. The zero-order valence-electron chi connectivity index (χ0n) is 10.2. The largest absolute Gasteiger partial charge is 0.361 e. The van der Waals surface area contributed by atoms with Crippen molar-refractivity contribution in [1.82, 2.24) is 9.88 Å². The molecule has 18 heavy (non-hydrogen) atoms. The quantitative estimate of drug-likeness (QED) is 0.834. The molecule has 1 aliphatic heterocycles. The first-order valence-electron chi connectivity index (χ1n) is 6.32. The number of benzene rings is 1. The first-order chi connectivity index (χ1) is 8.72. The summed E-state index contributed by atoms with van der Waals surface area (Å²) in [5.41, 5.74) is 7.95. The molecule has 3 rings (SSSR count). The van der Waals surface area contributed by atoms with Gasteiger partial charge >= 0.3 is 0 Å². The van der Waals surface area contributed by atoms with E-state index in [0.717, 1.165) is 24.0 Å². The lowest BCUT2D eigenvalue weighted by Gasteiger charge is -2.15. The summed E-state index contributed by atoms with van der Waals surface area (Å²) in [4.78, 5) is 17.1. The highest BCUT2D eigenvalue weighted by Crippen LogP contribution is 2.16. The third kappa shape index (κ3) is 2.11. The van der Waals surface area contributed by atoms with Crippen molar-refractivity contribution in [2.24, 2.45) is 5.73 Å². The Hall–Kier alpha value is -1.81. The minimum Gasteiger partial charge on any atom is -0.361 e. The van der Waals surface area contributed by atoms with Crippen LogP contribution in [-0.4, -0.2) is 34.9 Å². The normalized spacial score (nSPS) is 19.6. The summed E-state index contributed by atoms with van der Waals surface area (Å²) in [6, 6.07) is 8.29. The minimum absolute atomic E-state index is 0.153. The van der Waals surface area contributed by atoms with Crippen LogP contribution in [0, 0.1) is 0 Å². The van der Waals surface area contributed by atoms with E-state index in [-0.39, 0.29) is 11.9 Å². The van der Waals surface area contributed by atoms with Crippen molar-refractivity contribution >= 4 is 16.8 Å². The molecular formula is C14H17N3O. The van der Waals surface area contributed by atoms with Gasteiger partial charge in [0.2, 0.25) is 5.91 Å². The Balaban J connectivity index is 1.73. The Bertz CT molecular complexity index is 575. The summed E-state index contributed by atoms with van der Waals surface area (Å²) in [5.74, 6) is 0.175. The average molecular weight is 243 g/mol. The molecule has 2 aromatic rings. The van der Waals surface area contributed by atoms with E-state index in [2.05, 4.69) is 4.98 Å². The first kappa shape index (κ1) is 11.3. The lowest BCUT2D eigenvalue weighted by Crippen LogP contribution is -2.32. The van der Waals surface area contributed by atoms with Gasteiger partial charge in [-0.1, -0.05) is 12.1 Å². The van der Waals surface area contributed by atoms with Gasteiger partial charge in [0.25, 0.3) is 0 Å². The number of hydrogen-bond acceptors (Lipinski definition) is 2. The molecule has 2 heterocycles. The molecule has 1 amide bonds. The van der Waals surface area contributed by atoms with Gasteiger partial charge in [0.15, 0.2) is 0 Å². The molecule has 1 fully saturated rings. The summed E-state index contributed by atoms with van der Waals surface area (Å²) in [6.45, 7) is 1.49. The Morgan fingerprint density at radius 1 is 1.44 bits per heavy atom. The number of fused-ring (bicyclic) bond motifs is 1. The molecule has 1 aliphatic rings. The number of carbonyl (C=O) groups is 1. The van der Waals surface area contributed by atoms with E-state index in [1.807, 2.05) is 35.4 Å². The number of nitrogens with one attached hydrogen (secondary N) is 1. The van der Waals surface area contributed by atoms with Crippen molar-refractivity contribution in [2.75, 3.05) is 13.1 Å². The van der Waals surface area contributed by atoms with Crippen LogP contribution in [0.4, 0.5) is 0 Å². The summed E-state index contributed by atoms with van der Waals surface area (Å²) >= 11 is 0. The molecule has 4 nitrogen and oxygen atoms in total. The number of nitrogens with two attached hydrogens (primary N) is 1. The molecule has 0 saturated carbocycles. The molecule has 0 spiro atoms. The molecule has 0 bridgehead atoms. The fraction of sp³-hybridized carbons (Fsp3) is 0.357. The average Bonchev–Trinajstić information content (AvgIpc) is 2.96. The number of carbonyl (C=O) groups excluding carboxylic acids is 1. The van der Waals surface area contributed by atoms with Crippen LogP contribution in [0.5, 0.6) is 0 Å². The predicted octanol–water partition coefficient (Wildman–Crippen LogP) is 1.27. The second-order valence-electron chi connectivity index (χ2n) is 4.96. The van der Waals surface area contributed by atoms with Crippen molar-refractivity contribution in [1.29, 1.82) is 0 Å². The molecule has 3 N–H and O–H groups in total. The predicted molar refractivity (Wildman–Crippen MR) is 71.2 cm³/mol. The van der Waals surface area contributed by atoms with E-state index in [9.17, 15) is 4.79 Å². The lowest BCUT2D eigenvalue weighted by molar-refractivity contribution is -0.129. The number of H-pyrrole nitrogens is 1. The Labute approximate surface area is 106 Å². The second-order valence-corrected chi connectivity index (χ2v) is 4.96. The number of amides is 1. The van der Waals surface area contributed by atoms with Gasteiger partial charge in [-0.2, -0.15) is 0 Å². The van der Waals surface area contributed by atoms with Crippen LogP contribution in [0.3, 0.4) is 0 Å². The van der Waals surface area contributed by atoms with Gasteiger partial charge in [-0.3, -0.25) is 4.79 Å². The van der Waals surface area contributed by atoms with E-state index < -0.39 is 0 Å². The molecule has 0 radical (unpaired) electrons. The maximum Gasteiger partial charge on any atom is 0.227 e. The zero-order valence-corrected chi connectivity index (χ0v) is 10.2. The second kappa shape index (κ2) is 4.46. The highest BCUT2D eigenvalue weighted by molar-refractivity contribution is 5.83. The Kier molecular flexibility index (Phi) is 2.80. The number of likely N-dealkylation sites (tertiary alicyclic amines) is 1. The molecule has 1 aromatic heterocycles. The summed E-state index contributed by atoms with van der Waals surface area (Å²) in [6.07, 6.45) is 3.29. The monoisotopic (exact) mass is 243 g/mol. The summed E-state index contributed by atoms with van der Waals surface area (Å²) < 4.78 is 0. The van der Waals surface area contributed by atoms with Crippen LogP contribution < -0.4 is 5.73 Å². The molecule has 94 valence electrons. The third-order valence-electron chi connectivity index (χ3n) is 3.55. The number of aromatic nitrogens is 1. The van der Waals surface area contributed by atoms with E-state index in [1.54, 1.807) is 0 Å². The highest BCUT2D eigenvalue weighted by atomic mass is 16.2. The standard InChI is InChI=1S/C14H17N3O/c15-12-4-6-17(9-12)14(18)8-10-1-2-11-3-5-16-13(11)7-10/h1-3,5,7,12,16H,4,6,8-9,15H2. The zero-order chi connectivity index (χ0) is 12.5. The number of aromatic amines is 1. The van der Waals surface area contributed by atoms with Crippen LogP contribution in [0.25, 0.3) is 10.9 Å². The van der Waals surface area contributed by atoms with Crippen molar-refractivity contribution in [3.8, 4) is 0 Å². The van der Waals surface area contributed by atoms with Gasteiger partial charge in [0.05, 0.1) is 6.42 Å². The van der Waals surface area contributed by atoms with Gasteiger partial charge in [-0.15, -0.1) is 0 Å². The van der Waals surface area contributed by atoms with E-state index in [1.165, 1.54) is 5.39 Å². The fourth-order valence-electron chi connectivity index (χ4n) is 2.51. The van der Waals surface area contributed by atoms with Crippen LogP contribution >= 0.6 is 0 Å². The van der Waals surface area contributed by atoms with Crippen LogP contribution in [0.1, 0.15) is 12.0 Å². The molecule has 1 aromatic carbocycles. The molecule has 0 aliphatic carbocycles. The maximum absolute atomic E-state index is 12.1. The molecule has 4 heteroatoms. The first-order valence-corrected chi connectivity index (χ1v) is 6.32.